The Hall–Kier alpha value is -1.80. The molecule has 0 saturated carbocycles. The van der Waals surface area contributed by atoms with Crippen LogP contribution in [0, 0.1) is 6.92 Å². The molecule has 0 heterocycles. The number of para-hydroxylation sites is 1. The maximum atomic E-state index is 6.31. The van der Waals surface area contributed by atoms with E-state index in [4.69, 9.17) is 10.5 Å². The number of rotatable bonds is 5. The normalized spacial score (nSPS) is 14.0. The molecule has 21 heavy (non-hydrogen) atoms. The van der Waals surface area contributed by atoms with Gasteiger partial charge in [-0.1, -0.05) is 56.3 Å². The highest BCUT2D eigenvalue weighted by Gasteiger charge is 2.21. The van der Waals surface area contributed by atoms with Crippen LogP contribution >= 0.6 is 0 Å². The van der Waals surface area contributed by atoms with E-state index in [0.717, 1.165) is 11.3 Å². The van der Waals surface area contributed by atoms with E-state index in [2.05, 4.69) is 45.0 Å². The molecule has 2 atom stereocenters. The number of ether oxygens (including phenoxy) is 1. The van der Waals surface area contributed by atoms with Crippen molar-refractivity contribution in [2.45, 2.75) is 45.8 Å². The Morgan fingerprint density at radius 2 is 1.43 bits per heavy atom. The third-order valence-electron chi connectivity index (χ3n) is 3.77. The van der Waals surface area contributed by atoms with Gasteiger partial charge in [-0.05, 0) is 42.5 Å². The van der Waals surface area contributed by atoms with Gasteiger partial charge in [0.05, 0.1) is 0 Å². The zero-order valence-electron chi connectivity index (χ0n) is 13.3. The molecule has 2 aromatic rings. The molecule has 2 N–H and O–H groups in total. The van der Waals surface area contributed by atoms with Gasteiger partial charge in [-0.2, -0.15) is 0 Å². The van der Waals surface area contributed by atoms with Crippen LogP contribution in [0.5, 0.6) is 5.75 Å². The lowest BCUT2D eigenvalue weighted by Crippen LogP contribution is -2.29. The summed E-state index contributed by atoms with van der Waals surface area (Å²) >= 11 is 0. The molecule has 0 aromatic heterocycles. The molecule has 2 aromatic carbocycles. The minimum atomic E-state index is -0.133. The number of benzene rings is 2. The first-order chi connectivity index (χ1) is 10.0. The Balaban J connectivity index is 2.36. The summed E-state index contributed by atoms with van der Waals surface area (Å²) in [5.74, 6) is 1.35. The Morgan fingerprint density at radius 1 is 0.857 bits per heavy atom. The van der Waals surface area contributed by atoms with Crippen LogP contribution in [0.4, 0.5) is 0 Å². The lowest BCUT2D eigenvalue weighted by atomic mass is 9.98. The summed E-state index contributed by atoms with van der Waals surface area (Å²) < 4.78 is 6.31. The first kappa shape index (κ1) is 15.6. The maximum Gasteiger partial charge on any atom is 0.139 e. The summed E-state index contributed by atoms with van der Waals surface area (Å²) in [6.45, 7) is 8.45. The molecule has 2 nitrogen and oxygen atoms in total. The van der Waals surface area contributed by atoms with Crippen molar-refractivity contribution < 1.29 is 4.74 Å². The Bertz CT molecular complexity index is 590. The van der Waals surface area contributed by atoms with Gasteiger partial charge in [0.1, 0.15) is 11.9 Å². The minimum Gasteiger partial charge on any atom is -0.484 e. The van der Waals surface area contributed by atoms with Crippen LogP contribution < -0.4 is 10.5 Å². The van der Waals surface area contributed by atoms with Gasteiger partial charge in [-0.15, -0.1) is 0 Å². The van der Waals surface area contributed by atoms with E-state index in [1.807, 2.05) is 31.2 Å². The van der Waals surface area contributed by atoms with Crippen molar-refractivity contribution in [3.8, 4) is 5.75 Å². The summed E-state index contributed by atoms with van der Waals surface area (Å²) in [4.78, 5) is 0. The molecule has 0 aliphatic heterocycles. The lowest BCUT2D eigenvalue weighted by molar-refractivity contribution is 0.177. The van der Waals surface area contributed by atoms with Crippen molar-refractivity contribution in [2.75, 3.05) is 0 Å². The second kappa shape index (κ2) is 6.77. The molecule has 0 fully saturated rings. The molecule has 2 unspecified atom stereocenters. The maximum absolute atomic E-state index is 6.31. The molecular formula is C19H25NO. The predicted octanol–water partition coefficient (Wildman–Crippen LogP) is 4.59. The fourth-order valence-electron chi connectivity index (χ4n) is 2.56. The van der Waals surface area contributed by atoms with E-state index in [1.54, 1.807) is 0 Å². The average molecular weight is 283 g/mol. The number of hydrogen-bond acceptors (Lipinski definition) is 2. The Morgan fingerprint density at radius 3 is 2.00 bits per heavy atom. The van der Waals surface area contributed by atoms with E-state index >= 15 is 0 Å². The van der Waals surface area contributed by atoms with E-state index < -0.39 is 0 Å². The largest absolute Gasteiger partial charge is 0.484 e. The first-order valence-corrected chi connectivity index (χ1v) is 7.57. The molecule has 112 valence electrons. The van der Waals surface area contributed by atoms with Gasteiger partial charge >= 0.3 is 0 Å². The van der Waals surface area contributed by atoms with Crippen LogP contribution in [0.1, 0.15) is 49.5 Å². The van der Waals surface area contributed by atoms with Crippen LogP contribution in [-0.4, -0.2) is 6.04 Å². The summed E-state index contributed by atoms with van der Waals surface area (Å²) in [5.41, 5.74) is 9.77. The van der Waals surface area contributed by atoms with Crippen molar-refractivity contribution in [2.24, 2.45) is 5.73 Å². The van der Waals surface area contributed by atoms with E-state index in [9.17, 15) is 0 Å². The zero-order valence-corrected chi connectivity index (χ0v) is 13.3. The van der Waals surface area contributed by atoms with Crippen LogP contribution in [0.15, 0.2) is 48.5 Å². The highest BCUT2D eigenvalue weighted by molar-refractivity contribution is 5.37. The lowest BCUT2D eigenvalue weighted by Gasteiger charge is -2.26. The summed E-state index contributed by atoms with van der Waals surface area (Å²) in [6.07, 6.45) is -0.133. The molecule has 2 rings (SSSR count). The van der Waals surface area contributed by atoms with Crippen LogP contribution in [0.3, 0.4) is 0 Å². The van der Waals surface area contributed by atoms with Crippen LogP contribution in [0.2, 0.25) is 0 Å². The fourth-order valence-corrected chi connectivity index (χ4v) is 2.56. The van der Waals surface area contributed by atoms with Crippen molar-refractivity contribution in [1.29, 1.82) is 0 Å². The SMILES string of the molecule is Cc1ccccc1C(Oc1ccccc1C(C)C)C(C)N. The predicted molar refractivity (Wildman–Crippen MR) is 88.7 cm³/mol. The minimum absolute atomic E-state index is 0.0775. The second-order valence-electron chi connectivity index (χ2n) is 5.95. The van der Waals surface area contributed by atoms with Gasteiger partial charge in [-0.25, -0.2) is 0 Å². The quantitative estimate of drug-likeness (QED) is 0.871. The van der Waals surface area contributed by atoms with Crippen molar-refractivity contribution in [1.82, 2.24) is 0 Å². The molecular weight excluding hydrogens is 258 g/mol. The summed E-state index contributed by atoms with van der Waals surface area (Å²) in [7, 11) is 0. The fraction of sp³-hybridized carbons (Fsp3) is 0.368. The highest BCUT2D eigenvalue weighted by atomic mass is 16.5. The molecule has 0 amide bonds. The standard InChI is InChI=1S/C19H25NO/c1-13(2)16-10-7-8-12-18(16)21-19(15(4)20)17-11-6-5-9-14(17)3/h5-13,15,19H,20H2,1-4H3. The van der Waals surface area contributed by atoms with E-state index in [0.29, 0.717) is 5.92 Å². The van der Waals surface area contributed by atoms with Gasteiger partial charge in [0, 0.05) is 6.04 Å². The molecule has 2 heteroatoms. The van der Waals surface area contributed by atoms with Gasteiger partial charge < -0.3 is 10.5 Å². The third-order valence-corrected chi connectivity index (χ3v) is 3.77. The van der Waals surface area contributed by atoms with Gasteiger partial charge in [0.15, 0.2) is 0 Å². The van der Waals surface area contributed by atoms with Crippen LogP contribution in [0.25, 0.3) is 0 Å². The van der Waals surface area contributed by atoms with E-state index in [-0.39, 0.29) is 12.1 Å². The number of hydrogen-bond donors (Lipinski definition) is 1. The topological polar surface area (TPSA) is 35.2 Å². The molecule has 0 aliphatic carbocycles. The monoisotopic (exact) mass is 283 g/mol. The molecule has 0 aliphatic rings. The average Bonchev–Trinajstić information content (AvgIpc) is 2.45. The van der Waals surface area contributed by atoms with Crippen LogP contribution in [-0.2, 0) is 0 Å². The van der Waals surface area contributed by atoms with Gasteiger partial charge in [0.25, 0.3) is 0 Å². The third kappa shape index (κ3) is 3.64. The zero-order chi connectivity index (χ0) is 15.4. The molecule has 0 saturated heterocycles. The summed E-state index contributed by atoms with van der Waals surface area (Å²) in [6, 6.07) is 16.4. The second-order valence-corrected chi connectivity index (χ2v) is 5.95. The number of nitrogens with two attached hydrogens (primary N) is 1. The molecule has 0 radical (unpaired) electrons. The molecule has 0 spiro atoms. The first-order valence-electron chi connectivity index (χ1n) is 7.57. The Kier molecular flexibility index (Phi) is 5.03. The van der Waals surface area contributed by atoms with Crippen molar-refractivity contribution >= 4 is 0 Å². The smallest absolute Gasteiger partial charge is 0.139 e. The summed E-state index contributed by atoms with van der Waals surface area (Å²) in [5, 5.41) is 0. The van der Waals surface area contributed by atoms with Crippen molar-refractivity contribution in [3.05, 3.63) is 65.2 Å². The Labute approximate surface area is 127 Å². The van der Waals surface area contributed by atoms with Crippen molar-refractivity contribution in [3.63, 3.8) is 0 Å². The van der Waals surface area contributed by atoms with Gasteiger partial charge in [0.2, 0.25) is 0 Å². The van der Waals surface area contributed by atoms with E-state index in [1.165, 1.54) is 11.1 Å². The number of aryl methyl sites for hydroxylation is 1. The van der Waals surface area contributed by atoms with Gasteiger partial charge in [-0.3, -0.25) is 0 Å². The molecule has 0 bridgehead atoms. The highest BCUT2D eigenvalue weighted by Crippen LogP contribution is 2.32.